The predicted molar refractivity (Wildman–Crippen MR) is 155 cm³/mol. The van der Waals surface area contributed by atoms with E-state index in [4.69, 9.17) is 29.2 Å². The van der Waals surface area contributed by atoms with Crippen LogP contribution in [0.15, 0.2) is 0 Å². The van der Waals surface area contributed by atoms with E-state index in [2.05, 4.69) is 13.8 Å². The average Bonchev–Trinajstić information content (AvgIpc) is 3.29. The Labute approximate surface area is 255 Å². The first-order valence-corrected chi connectivity index (χ1v) is 16.3. The zero-order valence-electron chi connectivity index (χ0n) is 26.5. The molecule has 0 aromatic rings. The molecule has 0 bridgehead atoms. The van der Waals surface area contributed by atoms with Gasteiger partial charge in [0.2, 0.25) is 6.29 Å². The lowest BCUT2D eigenvalue weighted by molar-refractivity contribution is -0.172. The zero-order valence-corrected chi connectivity index (χ0v) is 26.5. The summed E-state index contributed by atoms with van der Waals surface area (Å²) in [6.07, 6.45) is 5.99. The van der Waals surface area contributed by atoms with E-state index < -0.39 is 49.6 Å². The summed E-state index contributed by atoms with van der Waals surface area (Å²) < 4.78 is 21.0. The van der Waals surface area contributed by atoms with Crippen molar-refractivity contribution >= 4 is 23.9 Å². The second-order valence-corrected chi connectivity index (χ2v) is 14.4. The van der Waals surface area contributed by atoms with Crippen LogP contribution in [0.3, 0.4) is 0 Å². The molecule has 2 unspecified atom stereocenters. The fourth-order valence-electron chi connectivity index (χ4n) is 9.56. The van der Waals surface area contributed by atoms with Gasteiger partial charge in [-0.3, -0.25) is 14.4 Å². The van der Waals surface area contributed by atoms with Gasteiger partial charge in [-0.15, -0.1) is 0 Å². The Hall–Kier alpha value is -2.20. The normalized spacial score (nSPS) is 36.4. The van der Waals surface area contributed by atoms with Crippen LogP contribution in [0.25, 0.3) is 0 Å². The Balaban J connectivity index is 1.21. The number of carbonyl (C=O) groups is 4. The molecule has 4 aliphatic carbocycles. The first-order valence-electron chi connectivity index (χ1n) is 16.3. The van der Waals surface area contributed by atoms with Crippen LogP contribution in [0.1, 0.15) is 105 Å². The SMILES string of the molecule is CC(=O)[C@H]1CC[C@H]2[C@@H]3CC[C@H]4C[C@H](OC(=O)OC(C)OC(=O)CC(C)CC(=O)OC(CO)CO)CC[C@]4(C)[C@H]3CC[C@]12C. The maximum atomic E-state index is 12.6. The molecule has 0 saturated heterocycles. The van der Waals surface area contributed by atoms with Gasteiger partial charge in [0.05, 0.1) is 13.2 Å². The molecule has 10 atom stereocenters. The molecule has 0 amide bonds. The van der Waals surface area contributed by atoms with Gasteiger partial charge in [0.15, 0.2) is 0 Å². The molecule has 43 heavy (non-hydrogen) atoms. The summed E-state index contributed by atoms with van der Waals surface area (Å²) in [5, 5.41) is 18.0. The number of fused-ring (bicyclic) bond motifs is 5. The molecule has 2 N–H and O–H groups in total. The van der Waals surface area contributed by atoms with Crippen LogP contribution in [0.4, 0.5) is 4.79 Å². The van der Waals surface area contributed by atoms with Crippen LogP contribution in [0, 0.1) is 46.3 Å². The van der Waals surface area contributed by atoms with Gasteiger partial charge in [-0.05, 0) is 105 Å². The third-order valence-electron chi connectivity index (χ3n) is 11.7. The van der Waals surface area contributed by atoms with Crippen LogP contribution >= 0.6 is 0 Å². The molecule has 4 aliphatic rings. The Morgan fingerprint density at radius 3 is 2.07 bits per heavy atom. The van der Waals surface area contributed by atoms with Crippen molar-refractivity contribution in [2.75, 3.05) is 13.2 Å². The van der Waals surface area contributed by atoms with Crippen LogP contribution in [-0.2, 0) is 33.3 Å². The summed E-state index contributed by atoms with van der Waals surface area (Å²) in [6, 6.07) is 0. The van der Waals surface area contributed by atoms with Gasteiger partial charge >= 0.3 is 18.1 Å². The van der Waals surface area contributed by atoms with Gasteiger partial charge in [-0.2, -0.15) is 0 Å². The molecule has 244 valence electrons. The maximum Gasteiger partial charge on any atom is 0.511 e. The summed E-state index contributed by atoms with van der Waals surface area (Å²) in [7, 11) is 0. The van der Waals surface area contributed by atoms with E-state index in [1.807, 2.05) is 0 Å². The third kappa shape index (κ3) is 7.38. The second-order valence-electron chi connectivity index (χ2n) is 14.4. The molecule has 4 saturated carbocycles. The molecule has 10 nitrogen and oxygen atoms in total. The van der Waals surface area contributed by atoms with E-state index in [1.54, 1.807) is 13.8 Å². The highest BCUT2D eigenvalue weighted by Crippen LogP contribution is 2.67. The molecule has 0 spiro atoms. The predicted octanol–water partition coefficient (Wildman–Crippen LogP) is 4.96. The lowest BCUT2D eigenvalue weighted by atomic mass is 9.44. The monoisotopic (exact) mass is 608 g/mol. The topological polar surface area (TPSA) is 146 Å². The Morgan fingerprint density at radius 2 is 1.42 bits per heavy atom. The van der Waals surface area contributed by atoms with Crippen molar-refractivity contribution in [1.29, 1.82) is 0 Å². The fraction of sp³-hybridized carbons (Fsp3) is 0.879. The number of ether oxygens (including phenoxy) is 4. The molecule has 0 radical (unpaired) electrons. The molecule has 0 aromatic carbocycles. The maximum absolute atomic E-state index is 12.6. The van der Waals surface area contributed by atoms with Crippen molar-refractivity contribution in [1.82, 2.24) is 0 Å². The average molecular weight is 609 g/mol. The lowest BCUT2D eigenvalue weighted by Crippen LogP contribution is -2.54. The fourth-order valence-corrected chi connectivity index (χ4v) is 9.56. The van der Waals surface area contributed by atoms with Gasteiger partial charge in [0.1, 0.15) is 18.0 Å². The standard InChI is InChI=1S/C33H52O10/c1-19(15-30(38)42-24(17-34)18-35)14-29(37)40-21(3)41-31(39)43-23-10-12-32(4)22(16-23)6-7-25-27-9-8-26(20(2)36)33(27,5)13-11-28(25)32/h19,21-28,34-35H,6-18H2,1-5H3/t19?,21?,22-,23+,25-,26+,27-,28-,32-,33+/m0/s1. The Morgan fingerprint density at radius 1 is 0.791 bits per heavy atom. The number of Topliss-reactive ketones (excluding diaryl/α,β-unsaturated/α-hetero) is 1. The van der Waals surface area contributed by atoms with Crippen molar-refractivity contribution in [2.24, 2.45) is 46.3 Å². The minimum atomic E-state index is -1.14. The van der Waals surface area contributed by atoms with Gasteiger partial charge in [-0.1, -0.05) is 20.8 Å². The zero-order chi connectivity index (χ0) is 31.5. The number of aliphatic hydroxyl groups excluding tert-OH is 2. The molecule has 0 heterocycles. The van der Waals surface area contributed by atoms with Crippen molar-refractivity contribution in [3.8, 4) is 0 Å². The molecule has 4 fully saturated rings. The van der Waals surface area contributed by atoms with E-state index in [0.29, 0.717) is 29.5 Å². The number of carbonyl (C=O) groups excluding carboxylic acids is 4. The van der Waals surface area contributed by atoms with E-state index in [0.717, 1.165) is 38.5 Å². The van der Waals surface area contributed by atoms with E-state index in [-0.39, 0.29) is 35.7 Å². The highest BCUT2D eigenvalue weighted by Gasteiger charge is 2.61. The van der Waals surface area contributed by atoms with E-state index in [1.165, 1.54) is 26.2 Å². The highest BCUT2D eigenvalue weighted by atomic mass is 16.8. The van der Waals surface area contributed by atoms with Gasteiger partial charge in [-0.25, -0.2) is 4.79 Å². The van der Waals surface area contributed by atoms with Gasteiger partial charge in [0, 0.05) is 25.7 Å². The van der Waals surface area contributed by atoms with E-state index in [9.17, 15) is 19.2 Å². The van der Waals surface area contributed by atoms with Crippen LogP contribution in [0.2, 0.25) is 0 Å². The largest absolute Gasteiger partial charge is 0.511 e. The summed E-state index contributed by atoms with van der Waals surface area (Å²) in [4.78, 5) is 49.2. The Bertz CT molecular complexity index is 1030. The first-order chi connectivity index (χ1) is 20.3. The van der Waals surface area contributed by atoms with Crippen molar-refractivity contribution in [2.45, 2.75) is 124 Å². The number of esters is 2. The molecule has 4 rings (SSSR count). The summed E-state index contributed by atoms with van der Waals surface area (Å²) in [5.74, 6) is 1.33. The Kier molecular flexibility index (Phi) is 10.8. The second kappa shape index (κ2) is 13.8. The highest BCUT2D eigenvalue weighted by molar-refractivity contribution is 5.79. The van der Waals surface area contributed by atoms with Crippen LogP contribution < -0.4 is 0 Å². The molecule has 0 aliphatic heterocycles. The van der Waals surface area contributed by atoms with Gasteiger partial charge < -0.3 is 29.2 Å². The lowest BCUT2D eigenvalue weighted by Gasteiger charge is -2.61. The van der Waals surface area contributed by atoms with Crippen molar-refractivity contribution in [3.05, 3.63) is 0 Å². The molecular formula is C33H52O10. The number of hydrogen-bond acceptors (Lipinski definition) is 10. The number of ketones is 1. The quantitative estimate of drug-likeness (QED) is 0.188. The van der Waals surface area contributed by atoms with Crippen LogP contribution in [0.5, 0.6) is 0 Å². The minimum absolute atomic E-state index is 0.0921. The number of hydrogen-bond donors (Lipinski definition) is 2. The van der Waals surface area contributed by atoms with Crippen molar-refractivity contribution < 1.29 is 48.3 Å². The minimum Gasteiger partial charge on any atom is -0.457 e. The number of rotatable bonds is 11. The molecule has 0 aromatic heterocycles. The number of aliphatic hydroxyl groups is 2. The first kappa shape index (κ1) is 33.7. The summed E-state index contributed by atoms with van der Waals surface area (Å²) in [5.41, 5.74) is 0.361. The summed E-state index contributed by atoms with van der Waals surface area (Å²) in [6.45, 7) is 8.73. The van der Waals surface area contributed by atoms with Gasteiger partial charge in [0.25, 0.3) is 0 Å². The molecule has 10 heteroatoms. The smallest absolute Gasteiger partial charge is 0.457 e. The van der Waals surface area contributed by atoms with Crippen molar-refractivity contribution in [3.63, 3.8) is 0 Å². The van der Waals surface area contributed by atoms with E-state index >= 15 is 0 Å². The van der Waals surface area contributed by atoms with Crippen LogP contribution in [-0.4, -0.2) is 65.8 Å². The summed E-state index contributed by atoms with van der Waals surface area (Å²) >= 11 is 0. The third-order valence-corrected chi connectivity index (χ3v) is 11.7. The molecular weight excluding hydrogens is 556 g/mol.